The molecule has 0 aromatic heterocycles. The molecule has 3 nitrogen and oxygen atoms in total. The summed E-state index contributed by atoms with van der Waals surface area (Å²) in [6, 6.07) is 21.2. The summed E-state index contributed by atoms with van der Waals surface area (Å²) in [6.07, 6.45) is 0. The molecule has 0 amide bonds. The molecule has 3 rings (SSSR count). The van der Waals surface area contributed by atoms with Crippen LogP contribution in [-0.2, 0) is 4.84 Å². The third-order valence-corrected chi connectivity index (χ3v) is 3.80. The number of benzene rings is 3. The summed E-state index contributed by atoms with van der Waals surface area (Å²) in [6.45, 7) is 1.83. The maximum absolute atomic E-state index is 12.9. The first-order chi connectivity index (χ1) is 11.2. The van der Waals surface area contributed by atoms with Crippen LogP contribution in [0, 0.1) is 0 Å². The highest BCUT2D eigenvalue weighted by molar-refractivity contribution is 6.17. The summed E-state index contributed by atoms with van der Waals surface area (Å²) in [4.78, 5) is 17.8. The average molecular weight is 303 g/mol. The molecule has 0 aliphatic rings. The Hall–Kier alpha value is -2.94. The lowest BCUT2D eigenvalue weighted by molar-refractivity contribution is 0.103. The Morgan fingerprint density at radius 3 is 2.26 bits per heavy atom. The van der Waals surface area contributed by atoms with Gasteiger partial charge in [-0.1, -0.05) is 65.8 Å². The molecule has 0 aliphatic heterocycles. The van der Waals surface area contributed by atoms with Crippen molar-refractivity contribution < 1.29 is 9.63 Å². The van der Waals surface area contributed by atoms with E-state index >= 15 is 0 Å². The first-order valence-electron chi connectivity index (χ1n) is 7.41. The first-order valence-corrected chi connectivity index (χ1v) is 7.41. The van der Waals surface area contributed by atoms with E-state index in [9.17, 15) is 4.79 Å². The standard InChI is InChI=1S/C20H17NO2/c1-14(21-23-2)18-9-5-6-10-19(18)20(22)17-12-11-15-7-3-4-8-16(15)13-17/h3-13H,1-2H3/b21-14-. The summed E-state index contributed by atoms with van der Waals surface area (Å²) < 4.78 is 0. The fraction of sp³-hybridized carbons (Fsp3) is 0.100. The van der Waals surface area contributed by atoms with Crippen LogP contribution in [0.2, 0.25) is 0 Å². The van der Waals surface area contributed by atoms with Crippen molar-refractivity contribution in [3.8, 4) is 0 Å². The predicted molar refractivity (Wildman–Crippen MR) is 93.0 cm³/mol. The lowest BCUT2D eigenvalue weighted by Crippen LogP contribution is -2.09. The summed E-state index contributed by atoms with van der Waals surface area (Å²) in [7, 11) is 1.50. The summed E-state index contributed by atoms with van der Waals surface area (Å²) in [5, 5.41) is 6.12. The molecule has 0 radical (unpaired) electrons. The Morgan fingerprint density at radius 2 is 1.52 bits per heavy atom. The summed E-state index contributed by atoms with van der Waals surface area (Å²) >= 11 is 0. The Morgan fingerprint density at radius 1 is 0.870 bits per heavy atom. The zero-order valence-electron chi connectivity index (χ0n) is 13.1. The third-order valence-electron chi connectivity index (χ3n) is 3.80. The number of hydrogen-bond acceptors (Lipinski definition) is 3. The van der Waals surface area contributed by atoms with Gasteiger partial charge in [-0.05, 0) is 23.8 Å². The molecule has 0 fully saturated rings. The van der Waals surface area contributed by atoms with E-state index in [2.05, 4.69) is 5.16 Å². The van der Waals surface area contributed by atoms with Crippen molar-refractivity contribution in [2.45, 2.75) is 6.92 Å². The predicted octanol–water partition coefficient (Wildman–Crippen LogP) is 4.44. The molecule has 0 saturated carbocycles. The molecular weight excluding hydrogens is 286 g/mol. The number of hydrogen-bond donors (Lipinski definition) is 0. The molecule has 0 saturated heterocycles. The van der Waals surface area contributed by atoms with E-state index < -0.39 is 0 Å². The van der Waals surface area contributed by atoms with Gasteiger partial charge in [0.2, 0.25) is 0 Å². The van der Waals surface area contributed by atoms with Gasteiger partial charge in [-0.3, -0.25) is 4.79 Å². The topological polar surface area (TPSA) is 38.7 Å². The first kappa shape index (κ1) is 15.0. The molecule has 0 aliphatic carbocycles. The molecule has 3 aromatic rings. The van der Waals surface area contributed by atoms with Gasteiger partial charge in [0, 0.05) is 16.7 Å². The monoisotopic (exact) mass is 303 g/mol. The Balaban J connectivity index is 2.07. The zero-order valence-corrected chi connectivity index (χ0v) is 13.1. The number of carbonyl (C=O) groups is 1. The van der Waals surface area contributed by atoms with Gasteiger partial charge in [0.15, 0.2) is 5.78 Å². The molecule has 23 heavy (non-hydrogen) atoms. The fourth-order valence-corrected chi connectivity index (χ4v) is 2.67. The molecule has 114 valence electrons. The number of ketones is 1. The number of oxime groups is 1. The van der Waals surface area contributed by atoms with E-state index in [1.807, 2.05) is 73.7 Å². The van der Waals surface area contributed by atoms with E-state index in [0.717, 1.165) is 16.3 Å². The molecule has 0 spiro atoms. The molecule has 0 unspecified atom stereocenters. The minimum Gasteiger partial charge on any atom is -0.399 e. The van der Waals surface area contributed by atoms with Crippen LogP contribution in [0.5, 0.6) is 0 Å². The normalized spacial score (nSPS) is 11.5. The highest BCUT2D eigenvalue weighted by Gasteiger charge is 2.15. The van der Waals surface area contributed by atoms with E-state index in [-0.39, 0.29) is 5.78 Å². The van der Waals surface area contributed by atoms with Crippen molar-refractivity contribution >= 4 is 22.3 Å². The number of carbonyl (C=O) groups excluding carboxylic acids is 1. The molecule has 0 bridgehead atoms. The minimum absolute atomic E-state index is 0.0167. The average Bonchev–Trinajstić information content (AvgIpc) is 2.61. The molecule has 0 heterocycles. The van der Waals surface area contributed by atoms with Crippen molar-refractivity contribution in [3.63, 3.8) is 0 Å². The van der Waals surface area contributed by atoms with Crippen molar-refractivity contribution in [1.29, 1.82) is 0 Å². The van der Waals surface area contributed by atoms with E-state index in [1.54, 1.807) is 0 Å². The van der Waals surface area contributed by atoms with Crippen LogP contribution in [0.1, 0.15) is 28.4 Å². The van der Waals surface area contributed by atoms with E-state index in [1.165, 1.54) is 7.11 Å². The van der Waals surface area contributed by atoms with Crippen LogP contribution in [-0.4, -0.2) is 18.6 Å². The number of nitrogens with zero attached hydrogens (tertiary/aromatic N) is 1. The minimum atomic E-state index is -0.0167. The van der Waals surface area contributed by atoms with Crippen LogP contribution in [0.25, 0.3) is 10.8 Å². The Labute approximate surface area is 135 Å². The zero-order chi connectivity index (χ0) is 16.2. The lowest BCUT2D eigenvalue weighted by Gasteiger charge is -2.09. The van der Waals surface area contributed by atoms with Crippen LogP contribution < -0.4 is 0 Å². The Kier molecular flexibility index (Phi) is 4.20. The molecule has 3 aromatic carbocycles. The molecule has 0 N–H and O–H groups in total. The van der Waals surface area contributed by atoms with Gasteiger partial charge in [-0.25, -0.2) is 0 Å². The maximum Gasteiger partial charge on any atom is 0.193 e. The fourth-order valence-electron chi connectivity index (χ4n) is 2.67. The van der Waals surface area contributed by atoms with Crippen LogP contribution in [0.3, 0.4) is 0 Å². The second kappa shape index (κ2) is 6.44. The van der Waals surface area contributed by atoms with Gasteiger partial charge in [0.05, 0.1) is 5.71 Å². The molecule has 0 atom stereocenters. The van der Waals surface area contributed by atoms with E-state index in [4.69, 9.17) is 4.84 Å². The van der Waals surface area contributed by atoms with Crippen molar-refractivity contribution in [3.05, 3.63) is 83.4 Å². The van der Waals surface area contributed by atoms with Crippen LogP contribution in [0.4, 0.5) is 0 Å². The van der Waals surface area contributed by atoms with Gasteiger partial charge < -0.3 is 4.84 Å². The molecule has 3 heteroatoms. The van der Waals surface area contributed by atoms with Gasteiger partial charge in [-0.2, -0.15) is 0 Å². The molecular formula is C20H17NO2. The van der Waals surface area contributed by atoms with Crippen LogP contribution in [0.15, 0.2) is 71.9 Å². The second-order valence-electron chi connectivity index (χ2n) is 5.30. The highest BCUT2D eigenvalue weighted by atomic mass is 16.6. The quantitative estimate of drug-likeness (QED) is 0.406. The van der Waals surface area contributed by atoms with Gasteiger partial charge in [0.1, 0.15) is 7.11 Å². The number of fused-ring (bicyclic) bond motifs is 1. The highest BCUT2D eigenvalue weighted by Crippen LogP contribution is 2.20. The van der Waals surface area contributed by atoms with E-state index in [0.29, 0.717) is 16.8 Å². The smallest absolute Gasteiger partial charge is 0.193 e. The number of rotatable bonds is 4. The maximum atomic E-state index is 12.9. The lowest BCUT2D eigenvalue weighted by atomic mass is 9.95. The van der Waals surface area contributed by atoms with Crippen molar-refractivity contribution in [2.24, 2.45) is 5.16 Å². The van der Waals surface area contributed by atoms with Crippen molar-refractivity contribution in [1.82, 2.24) is 0 Å². The van der Waals surface area contributed by atoms with Gasteiger partial charge in [0.25, 0.3) is 0 Å². The summed E-state index contributed by atoms with van der Waals surface area (Å²) in [5.74, 6) is -0.0167. The third kappa shape index (κ3) is 2.99. The van der Waals surface area contributed by atoms with Gasteiger partial charge >= 0.3 is 0 Å². The SMILES string of the molecule is CO/N=C(/C)c1ccccc1C(=O)c1ccc2ccccc2c1. The summed E-state index contributed by atoms with van der Waals surface area (Å²) in [5.41, 5.74) is 2.76. The Bertz CT molecular complexity index is 897. The van der Waals surface area contributed by atoms with Gasteiger partial charge in [-0.15, -0.1) is 0 Å². The largest absolute Gasteiger partial charge is 0.399 e. The second-order valence-corrected chi connectivity index (χ2v) is 5.30. The van der Waals surface area contributed by atoms with Crippen LogP contribution >= 0.6 is 0 Å². The van der Waals surface area contributed by atoms with Crippen molar-refractivity contribution in [2.75, 3.05) is 7.11 Å².